The molecule has 16 heavy (non-hydrogen) atoms. The summed E-state index contributed by atoms with van der Waals surface area (Å²) in [6.45, 7) is 0. The number of benzene rings is 1. The van der Waals surface area contributed by atoms with Gasteiger partial charge in [-0.15, -0.1) is 0 Å². The van der Waals surface area contributed by atoms with Crippen molar-refractivity contribution in [2.45, 2.75) is 12.5 Å². The standard InChI is InChI=1S/C10H11F2NO3/c1-16-10-5(7(13)4-8(14)15)2-3-6(11)9(10)12/h2-3,7H,4,13H2,1H3,(H,14,15). The van der Waals surface area contributed by atoms with E-state index in [2.05, 4.69) is 4.74 Å². The van der Waals surface area contributed by atoms with Crippen molar-refractivity contribution in [3.63, 3.8) is 0 Å². The van der Waals surface area contributed by atoms with Crippen LogP contribution in [0.1, 0.15) is 18.0 Å². The second-order valence-electron chi connectivity index (χ2n) is 3.19. The molecule has 0 aromatic heterocycles. The summed E-state index contributed by atoms with van der Waals surface area (Å²) < 4.78 is 30.8. The van der Waals surface area contributed by atoms with Crippen LogP contribution in [-0.4, -0.2) is 18.2 Å². The van der Waals surface area contributed by atoms with Crippen molar-refractivity contribution >= 4 is 5.97 Å². The van der Waals surface area contributed by atoms with Crippen LogP contribution in [0.25, 0.3) is 0 Å². The van der Waals surface area contributed by atoms with Gasteiger partial charge in [0.25, 0.3) is 0 Å². The van der Waals surface area contributed by atoms with Gasteiger partial charge in [-0.1, -0.05) is 6.07 Å². The van der Waals surface area contributed by atoms with Gasteiger partial charge in [-0.3, -0.25) is 4.79 Å². The quantitative estimate of drug-likeness (QED) is 0.822. The summed E-state index contributed by atoms with van der Waals surface area (Å²) in [6, 6.07) is 1.15. The van der Waals surface area contributed by atoms with Gasteiger partial charge in [0, 0.05) is 11.6 Å². The molecule has 0 radical (unpaired) electrons. The number of hydrogen-bond acceptors (Lipinski definition) is 3. The van der Waals surface area contributed by atoms with Crippen molar-refractivity contribution in [3.05, 3.63) is 29.3 Å². The van der Waals surface area contributed by atoms with Crippen LogP contribution in [0.15, 0.2) is 12.1 Å². The SMILES string of the molecule is COc1c(C(N)CC(=O)O)ccc(F)c1F. The van der Waals surface area contributed by atoms with E-state index in [1.54, 1.807) is 0 Å². The number of carboxylic acid groups (broad SMARTS) is 1. The lowest BCUT2D eigenvalue weighted by Crippen LogP contribution is -2.16. The Morgan fingerprint density at radius 3 is 2.69 bits per heavy atom. The highest BCUT2D eigenvalue weighted by Crippen LogP contribution is 2.29. The molecule has 0 aliphatic rings. The average molecular weight is 231 g/mol. The van der Waals surface area contributed by atoms with Crippen LogP contribution in [0, 0.1) is 11.6 Å². The minimum atomic E-state index is -1.17. The Balaban J connectivity index is 3.13. The van der Waals surface area contributed by atoms with Crippen LogP contribution in [-0.2, 0) is 4.79 Å². The summed E-state index contributed by atoms with van der Waals surface area (Å²) in [7, 11) is 1.16. The monoisotopic (exact) mass is 231 g/mol. The summed E-state index contributed by atoms with van der Waals surface area (Å²) in [5.41, 5.74) is 5.67. The van der Waals surface area contributed by atoms with E-state index < -0.39 is 23.6 Å². The number of ether oxygens (including phenoxy) is 1. The molecule has 4 nitrogen and oxygen atoms in total. The third kappa shape index (κ3) is 2.46. The Labute approximate surface area is 90.6 Å². The van der Waals surface area contributed by atoms with Crippen molar-refractivity contribution in [2.75, 3.05) is 7.11 Å². The smallest absolute Gasteiger partial charge is 0.305 e. The minimum absolute atomic E-state index is 0.129. The van der Waals surface area contributed by atoms with E-state index in [1.165, 1.54) is 6.07 Å². The van der Waals surface area contributed by atoms with E-state index in [1.807, 2.05) is 0 Å². The molecule has 0 saturated carbocycles. The highest BCUT2D eigenvalue weighted by Gasteiger charge is 2.20. The van der Waals surface area contributed by atoms with Gasteiger partial charge < -0.3 is 15.6 Å². The summed E-state index contributed by atoms with van der Waals surface area (Å²) in [5.74, 6) is -3.71. The third-order valence-corrected chi connectivity index (χ3v) is 2.08. The maximum absolute atomic E-state index is 13.3. The van der Waals surface area contributed by atoms with Gasteiger partial charge in [-0.25, -0.2) is 4.39 Å². The van der Waals surface area contributed by atoms with Crippen LogP contribution in [0.4, 0.5) is 8.78 Å². The van der Waals surface area contributed by atoms with Crippen molar-refractivity contribution in [3.8, 4) is 5.75 Å². The molecule has 0 spiro atoms. The fraction of sp³-hybridized carbons (Fsp3) is 0.300. The van der Waals surface area contributed by atoms with Gasteiger partial charge in [0.05, 0.1) is 13.5 Å². The van der Waals surface area contributed by atoms with Gasteiger partial charge in [-0.05, 0) is 6.07 Å². The molecule has 88 valence electrons. The molecule has 0 amide bonds. The topological polar surface area (TPSA) is 72.5 Å². The molecular formula is C10H11F2NO3. The number of rotatable bonds is 4. The minimum Gasteiger partial charge on any atom is -0.493 e. The molecule has 0 bridgehead atoms. The van der Waals surface area contributed by atoms with Crippen molar-refractivity contribution < 1.29 is 23.4 Å². The zero-order valence-corrected chi connectivity index (χ0v) is 8.54. The van der Waals surface area contributed by atoms with Crippen molar-refractivity contribution in [2.24, 2.45) is 5.73 Å². The molecule has 1 aromatic carbocycles. The van der Waals surface area contributed by atoms with Crippen LogP contribution in [0.5, 0.6) is 5.75 Å². The number of methoxy groups -OCH3 is 1. The molecule has 0 heterocycles. The maximum Gasteiger partial charge on any atom is 0.305 e. The molecule has 3 N–H and O–H groups in total. The average Bonchev–Trinajstić information content (AvgIpc) is 2.20. The molecule has 1 atom stereocenters. The number of halogens is 2. The number of aliphatic carboxylic acids is 1. The Morgan fingerprint density at radius 2 is 2.19 bits per heavy atom. The van der Waals surface area contributed by atoms with E-state index in [4.69, 9.17) is 10.8 Å². The second-order valence-corrected chi connectivity index (χ2v) is 3.19. The first-order valence-electron chi connectivity index (χ1n) is 4.46. The molecule has 1 unspecified atom stereocenters. The van der Waals surface area contributed by atoms with E-state index in [9.17, 15) is 13.6 Å². The summed E-state index contributed by atoms with van der Waals surface area (Å²) in [6.07, 6.45) is -0.387. The normalized spacial score (nSPS) is 12.2. The lowest BCUT2D eigenvalue weighted by atomic mass is 10.0. The van der Waals surface area contributed by atoms with Crippen molar-refractivity contribution in [1.82, 2.24) is 0 Å². The predicted octanol–water partition coefficient (Wildman–Crippen LogP) is 1.45. The van der Waals surface area contributed by atoms with Crippen LogP contribution < -0.4 is 10.5 Å². The van der Waals surface area contributed by atoms with Gasteiger partial charge >= 0.3 is 5.97 Å². The summed E-state index contributed by atoms with van der Waals surface area (Å²) in [5, 5.41) is 8.54. The molecule has 0 aliphatic carbocycles. The Kier molecular flexibility index (Phi) is 3.78. The molecule has 0 fully saturated rings. The second kappa shape index (κ2) is 4.89. The Hall–Kier alpha value is -1.69. The molecule has 1 rings (SSSR count). The van der Waals surface area contributed by atoms with Gasteiger partial charge in [0.15, 0.2) is 11.6 Å². The maximum atomic E-state index is 13.3. The first kappa shape index (κ1) is 12.4. The molecule has 0 aliphatic heterocycles. The van der Waals surface area contributed by atoms with Crippen LogP contribution >= 0.6 is 0 Å². The zero-order valence-electron chi connectivity index (χ0n) is 8.54. The van der Waals surface area contributed by atoms with E-state index in [0.717, 1.165) is 13.2 Å². The number of carbonyl (C=O) groups is 1. The van der Waals surface area contributed by atoms with Gasteiger partial charge in [-0.2, -0.15) is 4.39 Å². The zero-order chi connectivity index (χ0) is 12.3. The predicted molar refractivity (Wildman–Crippen MR) is 52.1 cm³/mol. The molecule has 6 heteroatoms. The van der Waals surface area contributed by atoms with Gasteiger partial charge in [0.1, 0.15) is 0 Å². The van der Waals surface area contributed by atoms with Crippen molar-refractivity contribution in [1.29, 1.82) is 0 Å². The number of carboxylic acids is 1. The molecule has 1 aromatic rings. The Morgan fingerprint density at radius 1 is 1.56 bits per heavy atom. The molecular weight excluding hydrogens is 220 g/mol. The summed E-state index contributed by atoms with van der Waals surface area (Å²) >= 11 is 0. The van der Waals surface area contributed by atoms with Crippen LogP contribution in [0.3, 0.4) is 0 Å². The third-order valence-electron chi connectivity index (χ3n) is 2.08. The summed E-state index contributed by atoms with van der Waals surface area (Å²) in [4.78, 5) is 10.4. The fourth-order valence-electron chi connectivity index (χ4n) is 1.34. The highest BCUT2D eigenvalue weighted by atomic mass is 19.2. The van der Waals surface area contributed by atoms with Crippen LogP contribution in [0.2, 0.25) is 0 Å². The fourth-order valence-corrected chi connectivity index (χ4v) is 1.34. The van der Waals surface area contributed by atoms with Gasteiger partial charge in [0.2, 0.25) is 5.82 Å². The largest absolute Gasteiger partial charge is 0.493 e. The molecule has 0 saturated heterocycles. The first-order chi connectivity index (χ1) is 7.47. The first-order valence-corrected chi connectivity index (χ1v) is 4.46. The lowest BCUT2D eigenvalue weighted by Gasteiger charge is -2.14. The number of nitrogens with two attached hydrogens (primary N) is 1. The Bertz CT molecular complexity index is 409. The lowest BCUT2D eigenvalue weighted by molar-refractivity contribution is -0.137. The van der Waals surface area contributed by atoms with E-state index in [-0.39, 0.29) is 17.7 Å². The number of hydrogen-bond donors (Lipinski definition) is 2. The highest BCUT2D eigenvalue weighted by molar-refractivity contribution is 5.68. The van der Waals surface area contributed by atoms with E-state index in [0.29, 0.717) is 0 Å². The van der Waals surface area contributed by atoms with E-state index >= 15 is 0 Å².